The van der Waals surface area contributed by atoms with Gasteiger partial charge in [0.15, 0.2) is 0 Å². The fourth-order valence-corrected chi connectivity index (χ4v) is 2.74. The van der Waals surface area contributed by atoms with E-state index in [0.29, 0.717) is 6.04 Å². The molecule has 0 spiro atoms. The first-order valence-corrected chi connectivity index (χ1v) is 7.50. The molecule has 0 amide bonds. The second-order valence-corrected chi connectivity index (χ2v) is 5.73. The van der Waals surface area contributed by atoms with Gasteiger partial charge in [0.2, 0.25) is 0 Å². The molecular weight excluding hydrogens is 238 g/mol. The highest BCUT2D eigenvalue weighted by atomic mass is 32.1. The Bertz CT molecular complexity index is 444. The Morgan fingerprint density at radius 3 is 2.28 bits per heavy atom. The van der Waals surface area contributed by atoms with E-state index in [9.17, 15) is 0 Å². The summed E-state index contributed by atoms with van der Waals surface area (Å²) in [4.78, 5) is 0. The van der Waals surface area contributed by atoms with Crippen molar-refractivity contribution in [2.75, 3.05) is 0 Å². The molecule has 0 saturated heterocycles. The number of nitrogens with two attached hydrogens (primary N) is 1. The molecular formula is C16H21NS. The Hall–Kier alpha value is -1.12. The highest BCUT2D eigenvalue weighted by molar-refractivity contribution is 7.07. The van der Waals surface area contributed by atoms with Crippen LogP contribution in [0.5, 0.6) is 0 Å². The van der Waals surface area contributed by atoms with Gasteiger partial charge in [-0.2, -0.15) is 11.3 Å². The van der Waals surface area contributed by atoms with Crippen LogP contribution in [0.15, 0.2) is 41.1 Å². The van der Waals surface area contributed by atoms with Gasteiger partial charge in [-0.1, -0.05) is 29.8 Å². The lowest BCUT2D eigenvalue weighted by Gasteiger charge is -2.11. The standard InChI is InChI=1S/C16H21NS/c1-13-2-4-14(5-3-13)6-8-16(17)9-7-15-10-11-18-12-15/h2-5,10-12,16H,6-9,17H2,1H3. The molecule has 2 rings (SSSR count). The van der Waals surface area contributed by atoms with Gasteiger partial charge in [-0.05, 0) is 60.6 Å². The molecule has 0 fully saturated rings. The zero-order valence-corrected chi connectivity index (χ0v) is 11.7. The number of hydrogen-bond acceptors (Lipinski definition) is 2. The molecule has 1 unspecified atom stereocenters. The summed E-state index contributed by atoms with van der Waals surface area (Å²) in [6.07, 6.45) is 4.36. The van der Waals surface area contributed by atoms with Gasteiger partial charge in [0, 0.05) is 6.04 Å². The van der Waals surface area contributed by atoms with E-state index in [2.05, 4.69) is 48.0 Å². The van der Waals surface area contributed by atoms with Crippen molar-refractivity contribution >= 4 is 11.3 Å². The maximum Gasteiger partial charge on any atom is 0.00451 e. The minimum atomic E-state index is 0.311. The van der Waals surface area contributed by atoms with E-state index in [0.717, 1.165) is 25.7 Å². The first-order chi connectivity index (χ1) is 8.74. The van der Waals surface area contributed by atoms with Crippen LogP contribution in [-0.2, 0) is 12.8 Å². The van der Waals surface area contributed by atoms with Crippen LogP contribution in [0.2, 0.25) is 0 Å². The van der Waals surface area contributed by atoms with Crippen LogP contribution in [0.25, 0.3) is 0 Å². The van der Waals surface area contributed by atoms with Crippen LogP contribution >= 0.6 is 11.3 Å². The van der Waals surface area contributed by atoms with Gasteiger partial charge in [0.05, 0.1) is 0 Å². The lowest BCUT2D eigenvalue weighted by Crippen LogP contribution is -2.21. The van der Waals surface area contributed by atoms with Crippen molar-refractivity contribution in [1.82, 2.24) is 0 Å². The first kappa shape index (κ1) is 13.3. The van der Waals surface area contributed by atoms with Gasteiger partial charge in [0.25, 0.3) is 0 Å². The van der Waals surface area contributed by atoms with E-state index in [1.54, 1.807) is 11.3 Å². The van der Waals surface area contributed by atoms with E-state index < -0.39 is 0 Å². The topological polar surface area (TPSA) is 26.0 Å². The Kier molecular flexibility index (Phi) is 4.97. The van der Waals surface area contributed by atoms with Gasteiger partial charge in [-0.15, -0.1) is 0 Å². The molecule has 1 aromatic carbocycles. The highest BCUT2D eigenvalue weighted by Crippen LogP contribution is 2.12. The van der Waals surface area contributed by atoms with Crippen LogP contribution in [0.4, 0.5) is 0 Å². The van der Waals surface area contributed by atoms with Crippen molar-refractivity contribution in [3.63, 3.8) is 0 Å². The summed E-state index contributed by atoms with van der Waals surface area (Å²) in [6.45, 7) is 2.12. The number of hydrogen-bond donors (Lipinski definition) is 1. The Labute approximate surface area is 114 Å². The second-order valence-electron chi connectivity index (χ2n) is 4.95. The molecule has 1 atom stereocenters. The van der Waals surface area contributed by atoms with Crippen molar-refractivity contribution < 1.29 is 0 Å². The van der Waals surface area contributed by atoms with Crippen LogP contribution < -0.4 is 5.73 Å². The fraction of sp³-hybridized carbons (Fsp3) is 0.375. The van der Waals surface area contributed by atoms with Crippen LogP contribution in [-0.4, -0.2) is 6.04 Å². The maximum atomic E-state index is 6.17. The van der Waals surface area contributed by atoms with Crippen molar-refractivity contribution in [3.05, 3.63) is 57.8 Å². The Morgan fingerprint density at radius 2 is 1.67 bits per heavy atom. The summed E-state index contributed by atoms with van der Waals surface area (Å²) in [7, 11) is 0. The molecule has 0 bridgehead atoms. The number of rotatable bonds is 6. The zero-order chi connectivity index (χ0) is 12.8. The van der Waals surface area contributed by atoms with Crippen molar-refractivity contribution in [3.8, 4) is 0 Å². The van der Waals surface area contributed by atoms with E-state index in [4.69, 9.17) is 5.73 Å². The van der Waals surface area contributed by atoms with Crippen molar-refractivity contribution in [2.45, 2.75) is 38.6 Å². The number of aryl methyl sites for hydroxylation is 3. The van der Waals surface area contributed by atoms with Crippen molar-refractivity contribution in [2.24, 2.45) is 5.73 Å². The van der Waals surface area contributed by atoms with Gasteiger partial charge in [-0.25, -0.2) is 0 Å². The molecule has 1 nitrogen and oxygen atoms in total. The summed E-state index contributed by atoms with van der Waals surface area (Å²) < 4.78 is 0. The molecule has 0 saturated carbocycles. The Morgan fingerprint density at radius 1 is 1.00 bits per heavy atom. The SMILES string of the molecule is Cc1ccc(CCC(N)CCc2ccsc2)cc1. The molecule has 0 aliphatic heterocycles. The quantitative estimate of drug-likeness (QED) is 0.835. The third kappa shape index (κ3) is 4.28. The second kappa shape index (κ2) is 6.72. The highest BCUT2D eigenvalue weighted by Gasteiger charge is 2.04. The summed E-state index contributed by atoms with van der Waals surface area (Å²) in [5.41, 5.74) is 10.3. The molecule has 1 heterocycles. The minimum absolute atomic E-state index is 0.311. The van der Waals surface area contributed by atoms with E-state index >= 15 is 0 Å². The van der Waals surface area contributed by atoms with Gasteiger partial charge in [-0.3, -0.25) is 0 Å². The molecule has 0 aliphatic carbocycles. The normalized spacial score (nSPS) is 12.6. The average molecular weight is 259 g/mol. The number of benzene rings is 1. The molecule has 2 aromatic rings. The fourth-order valence-electron chi connectivity index (χ4n) is 2.04. The molecule has 2 heteroatoms. The minimum Gasteiger partial charge on any atom is -0.328 e. The van der Waals surface area contributed by atoms with Crippen molar-refractivity contribution in [1.29, 1.82) is 0 Å². The lowest BCUT2D eigenvalue weighted by molar-refractivity contribution is 0.569. The van der Waals surface area contributed by atoms with E-state index in [1.807, 2.05) is 0 Å². The molecule has 0 aliphatic rings. The monoisotopic (exact) mass is 259 g/mol. The predicted octanol–water partition coefficient (Wildman–Crippen LogP) is 3.95. The largest absolute Gasteiger partial charge is 0.328 e. The van der Waals surface area contributed by atoms with E-state index in [-0.39, 0.29) is 0 Å². The average Bonchev–Trinajstić information content (AvgIpc) is 2.89. The molecule has 18 heavy (non-hydrogen) atoms. The van der Waals surface area contributed by atoms with Gasteiger partial charge >= 0.3 is 0 Å². The number of thiophene rings is 1. The zero-order valence-electron chi connectivity index (χ0n) is 10.9. The predicted molar refractivity (Wildman–Crippen MR) is 80.1 cm³/mol. The molecule has 0 radical (unpaired) electrons. The maximum absolute atomic E-state index is 6.17. The molecule has 96 valence electrons. The third-order valence-electron chi connectivity index (χ3n) is 3.31. The smallest absolute Gasteiger partial charge is 0.00451 e. The van der Waals surface area contributed by atoms with Gasteiger partial charge < -0.3 is 5.73 Å². The summed E-state index contributed by atoms with van der Waals surface area (Å²) >= 11 is 1.76. The van der Waals surface area contributed by atoms with Crippen LogP contribution in [0, 0.1) is 6.92 Å². The summed E-state index contributed by atoms with van der Waals surface area (Å²) in [5.74, 6) is 0. The van der Waals surface area contributed by atoms with Crippen LogP contribution in [0.1, 0.15) is 29.5 Å². The first-order valence-electron chi connectivity index (χ1n) is 6.56. The summed E-state index contributed by atoms with van der Waals surface area (Å²) in [6, 6.07) is 11.3. The lowest BCUT2D eigenvalue weighted by atomic mass is 10.0. The Balaban J connectivity index is 1.71. The molecule has 1 aromatic heterocycles. The van der Waals surface area contributed by atoms with Crippen LogP contribution in [0.3, 0.4) is 0 Å². The summed E-state index contributed by atoms with van der Waals surface area (Å²) in [5, 5.41) is 4.35. The van der Waals surface area contributed by atoms with Gasteiger partial charge in [0.1, 0.15) is 0 Å². The van der Waals surface area contributed by atoms with E-state index in [1.165, 1.54) is 16.7 Å². The third-order valence-corrected chi connectivity index (χ3v) is 4.04. The molecule has 2 N–H and O–H groups in total.